The van der Waals surface area contributed by atoms with Crippen LogP contribution in [0.2, 0.25) is 5.02 Å². The summed E-state index contributed by atoms with van der Waals surface area (Å²) in [6.45, 7) is 2.79. The fraction of sp³-hybridized carbons (Fsp3) is 0.263. The fourth-order valence-corrected chi connectivity index (χ4v) is 2.44. The molecule has 126 valence electrons. The molecule has 0 saturated heterocycles. The van der Waals surface area contributed by atoms with Crippen LogP contribution in [-0.2, 0) is 11.2 Å². The van der Waals surface area contributed by atoms with E-state index in [1.807, 2.05) is 31.2 Å². The van der Waals surface area contributed by atoms with Crippen molar-refractivity contribution in [2.75, 3.05) is 13.1 Å². The van der Waals surface area contributed by atoms with Crippen molar-refractivity contribution in [3.05, 3.63) is 70.2 Å². The molecule has 2 rings (SSSR count). The Morgan fingerprint density at radius 2 is 1.62 bits per heavy atom. The first-order valence-electron chi connectivity index (χ1n) is 7.91. The van der Waals surface area contributed by atoms with E-state index >= 15 is 0 Å². The zero-order chi connectivity index (χ0) is 17.4. The Balaban J connectivity index is 1.65. The normalized spacial score (nSPS) is 10.2. The fourth-order valence-electron chi connectivity index (χ4n) is 2.22. The van der Waals surface area contributed by atoms with Gasteiger partial charge in [0.05, 0.1) is 10.6 Å². The quantitative estimate of drug-likeness (QED) is 0.758. The Morgan fingerprint density at radius 3 is 2.33 bits per heavy atom. The lowest BCUT2D eigenvalue weighted by Crippen LogP contribution is -2.34. The molecule has 0 spiro atoms. The van der Waals surface area contributed by atoms with E-state index in [2.05, 4.69) is 10.6 Å². The highest BCUT2D eigenvalue weighted by atomic mass is 35.5. The van der Waals surface area contributed by atoms with Gasteiger partial charge in [-0.3, -0.25) is 9.59 Å². The number of carbonyl (C=O) groups excluding carboxylic acids is 2. The number of halogens is 1. The van der Waals surface area contributed by atoms with E-state index < -0.39 is 0 Å². The minimum atomic E-state index is -0.241. The number of rotatable bonds is 7. The van der Waals surface area contributed by atoms with Crippen LogP contribution >= 0.6 is 11.6 Å². The molecule has 0 heterocycles. The van der Waals surface area contributed by atoms with Crippen LogP contribution in [0.5, 0.6) is 0 Å². The average Bonchev–Trinajstić information content (AvgIpc) is 2.58. The number of carbonyl (C=O) groups is 2. The molecule has 2 aromatic carbocycles. The van der Waals surface area contributed by atoms with Crippen molar-refractivity contribution in [2.45, 2.75) is 19.8 Å². The van der Waals surface area contributed by atoms with Crippen molar-refractivity contribution in [2.24, 2.45) is 0 Å². The Hall–Kier alpha value is -2.33. The molecule has 0 fully saturated rings. The second kappa shape index (κ2) is 9.08. The van der Waals surface area contributed by atoms with Crippen molar-refractivity contribution < 1.29 is 9.59 Å². The van der Waals surface area contributed by atoms with Gasteiger partial charge in [0.25, 0.3) is 5.91 Å². The maximum atomic E-state index is 11.9. The lowest BCUT2D eigenvalue weighted by Gasteiger charge is -2.08. The third kappa shape index (κ3) is 5.70. The summed E-state index contributed by atoms with van der Waals surface area (Å²) in [5.74, 6) is -0.267. The predicted octanol–water partition coefficient (Wildman–Crippen LogP) is 3.13. The van der Waals surface area contributed by atoms with Crippen molar-refractivity contribution in [3.63, 3.8) is 0 Å². The first-order chi connectivity index (χ1) is 11.6. The molecule has 0 saturated carbocycles. The summed E-state index contributed by atoms with van der Waals surface area (Å²) in [5, 5.41) is 5.95. The van der Waals surface area contributed by atoms with E-state index in [-0.39, 0.29) is 11.8 Å². The smallest absolute Gasteiger partial charge is 0.252 e. The minimum absolute atomic E-state index is 0.0254. The van der Waals surface area contributed by atoms with Crippen molar-refractivity contribution in [3.8, 4) is 0 Å². The summed E-state index contributed by atoms with van der Waals surface area (Å²) < 4.78 is 0. The van der Waals surface area contributed by atoms with Crippen LogP contribution in [0, 0.1) is 6.92 Å². The Labute approximate surface area is 147 Å². The molecule has 2 aromatic rings. The Morgan fingerprint density at radius 1 is 0.958 bits per heavy atom. The number of hydrogen-bond acceptors (Lipinski definition) is 2. The standard InChI is InChI=1S/C19H21ClN2O2/c1-14-6-8-15(9-7-14)10-11-18(23)21-12-13-22-19(24)16-4-2-3-5-17(16)20/h2-9H,10-13H2,1H3,(H,21,23)(H,22,24). The van der Waals surface area contributed by atoms with E-state index in [0.29, 0.717) is 36.5 Å². The van der Waals surface area contributed by atoms with Gasteiger partial charge in [-0.2, -0.15) is 0 Å². The minimum Gasteiger partial charge on any atom is -0.354 e. The summed E-state index contributed by atoms with van der Waals surface area (Å²) in [6.07, 6.45) is 1.14. The Bertz CT molecular complexity index is 699. The van der Waals surface area contributed by atoms with Gasteiger partial charge in [0, 0.05) is 19.5 Å². The zero-order valence-electron chi connectivity index (χ0n) is 13.6. The van der Waals surface area contributed by atoms with Crippen molar-refractivity contribution in [1.82, 2.24) is 10.6 Å². The van der Waals surface area contributed by atoms with Gasteiger partial charge in [-0.25, -0.2) is 0 Å². The van der Waals surface area contributed by atoms with Crippen LogP contribution in [0.4, 0.5) is 0 Å². The van der Waals surface area contributed by atoms with E-state index in [1.165, 1.54) is 5.56 Å². The third-order valence-electron chi connectivity index (χ3n) is 3.61. The number of hydrogen-bond donors (Lipinski definition) is 2. The molecule has 0 aliphatic heterocycles. The molecule has 0 bridgehead atoms. The second-order valence-corrected chi connectivity index (χ2v) is 5.98. The molecule has 2 N–H and O–H groups in total. The summed E-state index contributed by atoms with van der Waals surface area (Å²) in [4.78, 5) is 23.7. The Kier molecular flexibility index (Phi) is 6.82. The van der Waals surface area contributed by atoms with Gasteiger partial charge in [0.1, 0.15) is 0 Å². The summed E-state index contributed by atoms with van der Waals surface area (Å²) in [5.41, 5.74) is 2.78. The van der Waals surface area contributed by atoms with Crippen LogP contribution in [0.1, 0.15) is 27.9 Å². The van der Waals surface area contributed by atoms with E-state index in [0.717, 1.165) is 5.56 Å². The maximum Gasteiger partial charge on any atom is 0.252 e. The number of amides is 2. The summed E-state index contributed by atoms with van der Waals surface area (Å²) in [7, 11) is 0. The third-order valence-corrected chi connectivity index (χ3v) is 3.94. The molecule has 24 heavy (non-hydrogen) atoms. The molecule has 0 aromatic heterocycles. The lowest BCUT2D eigenvalue weighted by molar-refractivity contribution is -0.121. The van der Waals surface area contributed by atoms with Gasteiger partial charge in [-0.1, -0.05) is 53.6 Å². The molecule has 0 aliphatic carbocycles. The van der Waals surface area contributed by atoms with Gasteiger partial charge in [-0.15, -0.1) is 0 Å². The van der Waals surface area contributed by atoms with Gasteiger partial charge >= 0.3 is 0 Å². The maximum absolute atomic E-state index is 11.9. The topological polar surface area (TPSA) is 58.2 Å². The monoisotopic (exact) mass is 344 g/mol. The van der Waals surface area contributed by atoms with Gasteiger partial charge in [0.2, 0.25) is 5.91 Å². The molecule has 0 atom stereocenters. The molecule has 0 unspecified atom stereocenters. The average molecular weight is 345 g/mol. The highest BCUT2D eigenvalue weighted by Gasteiger charge is 2.08. The van der Waals surface area contributed by atoms with Crippen LogP contribution in [0.25, 0.3) is 0 Å². The molecule has 5 heteroatoms. The van der Waals surface area contributed by atoms with Crippen LogP contribution < -0.4 is 10.6 Å². The lowest BCUT2D eigenvalue weighted by atomic mass is 10.1. The SMILES string of the molecule is Cc1ccc(CCC(=O)NCCNC(=O)c2ccccc2Cl)cc1. The summed E-state index contributed by atoms with van der Waals surface area (Å²) in [6, 6.07) is 15.0. The second-order valence-electron chi connectivity index (χ2n) is 5.57. The molecule has 2 amide bonds. The van der Waals surface area contributed by atoms with Gasteiger partial charge < -0.3 is 10.6 Å². The van der Waals surface area contributed by atoms with Crippen molar-refractivity contribution >= 4 is 23.4 Å². The van der Waals surface area contributed by atoms with Crippen molar-refractivity contribution in [1.29, 1.82) is 0 Å². The number of aryl methyl sites for hydroxylation is 2. The molecule has 0 radical (unpaired) electrons. The van der Waals surface area contributed by atoms with Crippen LogP contribution in [0.15, 0.2) is 48.5 Å². The largest absolute Gasteiger partial charge is 0.354 e. The van der Waals surface area contributed by atoms with E-state index in [4.69, 9.17) is 11.6 Å². The first-order valence-corrected chi connectivity index (χ1v) is 8.29. The summed E-state index contributed by atoms with van der Waals surface area (Å²) >= 11 is 5.96. The highest BCUT2D eigenvalue weighted by molar-refractivity contribution is 6.33. The van der Waals surface area contributed by atoms with Crippen LogP contribution in [0.3, 0.4) is 0 Å². The van der Waals surface area contributed by atoms with E-state index in [9.17, 15) is 9.59 Å². The molecule has 0 aliphatic rings. The molecular formula is C19H21ClN2O2. The predicted molar refractivity (Wildman–Crippen MR) is 96.3 cm³/mol. The van der Waals surface area contributed by atoms with Gasteiger partial charge in [-0.05, 0) is 31.0 Å². The molecular weight excluding hydrogens is 324 g/mol. The zero-order valence-corrected chi connectivity index (χ0v) is 14.4. The van der Waals surface area contributed by atoms with Crippen LogP contribution in [-0.4, -0.2) is 24.9 Å². The number of nitrogens with one attached hydrogen (secondary N) is 2. The number of benzene rings is 2. The first kappa shape index (κ1) is 18.0. The van der Waals surface area contributed by atoms with Gasteiger partial charge in [0.15, 0.2) is 0 Å². The van der Waals surface area contributed by atoms with E-state index in [1.54, 1.807) is 24.3 Å². The highest BCUT2D eigenvalue weighted by Crippen LogP contribution is 2.14. The molecule has 4 nitrogen and oxygen atoms in total.